The van der Waals surface area contributed by atoms with E-state index in [4.69, 9.17) is 0 Å². The van der Waals surface area contributed by atoms with Crippen molar-refractivity contribution in [1.82, 2.24) is 9.97 Å². The molecule has 0 saturated carbocycles. The lowest BCUT2D eigenvalue weighted by atomic mass is 10.1. The van der Waals surface area contributed by atoms with Crippen LogP contribution in [0.2, 0.25) is 0 Å². The zero-order valence-corrected chi connectivity index (χ0v) is 10.3. The zero-order chi connectivity index (χ0) is 12.4. The van der Waals surface area contributed by atoms with Gasteiger partial charge >= 0.3 is 0 Å². The molecular weight excluding hydrogens is 212 g/mol. The van der Waals surface area contributed by atoms with Gasteiger partial charge in [0.25, 0.3) is 5.56 Å². The first-order chi connectivity index (χ1) is 8.08. The SMILES string of the molecule is Cc1ccccc1-c1cc(=O)[nH]c(C(C)C)n1. The second-order valence-electron chi connectivity index (χ2n) is 4.49. The first-order valence-electron chi connectivity index (χ1n) is 5.75. The maximum Gasteiger partial charge on any atom is 0.251 e. The summed E-state index contributed by atoms with van der Waals surface area (Å²) in [5, 5.41) is 0. The normalized spacial score (nSPS) is 10.8. The smallest absolute Gasteiger partial charge is 0.251 e. The van der Waals surface area contributed by atoms with Gasteiger partial charge in [-0.1, -0.05) is 38.1 Å². The van der Waals surface area contributed by atoms with Crippen molar-refractivity contribution in [1.29, 1.82) is 0 Å². The molecule has 0 amide bonds. The molecule has 3 nitrogen and oxygen atoms in total. The van der Waals surface area contributed by atoms with Crippen molar-refractivity contribution in [2.75, 3.05) is 0 Å². The molecular formula is C14H16N2O. The van der Waals surface area contributed by atoms with E-state index in [1.54, 1.807) is 6.07 Å². The Bertz CT molecular complexity index is 585. The lowest BCUT2D eigenvalue weighted by Crippen LogP contribution is -2.12. The highest BCUT2D eigenvalue weighted by Crippen LogP contribution is 2.20. The van der Waals surface area contributed by atoms with Crippen LogP contribution in [0.15, 0.2) is 35.1 Å². The van der Waals surface area contributed by atoms with Gasteiger partial charge in [0, 0.05) is 17.5 Å². The molecule has 0 aliphatic rings. The summed E-state index contributed by atoms with van der Waals surface area (Å²) < 4.78 is 0. The molecule has 0 aliphatic carbocycles. The number of hydrogen-bond acceptors (Lipinski definition) is 2. The molecule has 1 heterocycles. The minimum Gasteiger partial charge on any atom is -0.310 e. The highest BCUT2D eigenvalue weighted by Gasteiger charge is 2.08. The molecule has 0 radical (unpaired) electrons. The predicted molar refractivity (Wildman–Crippen MR) is 69.1 cm³/mol. The number of aromatic nitrogens is 2. The average molecular weight is 228 g/mol. The summed E-state index contributed by atoms with van der Waals surface area (Å²) in [6, 6.07) is 9.50. The summed E-state index contributed by atoms with van der Waals surface area (Å²) in [6.07, 6.45) is 0. The van der Waals surface area contributed by atoms with Crippen LogP contribution in [0.1, 0.15) is 31.2 Å². The summed E-state index contributed by atoms with van der Waals surface area (Å²) >= 11 is 0. The molecule has 0 unspecified atom stereocenters. The Labute approximate surface area is 101 Å². The highest BCUT2D eigenvalue weighted by molar-refractivity contribution is 5.62. The lowest BCUT2D eigenvalue weighted by Gasteiger charge is -2.08. The molecule has 88 valence electrons. The Morgan fingerprint density at radius 3 is 2.59 bits per heavy atom. The molecule has 0 fully saturated rings. The fraction of sp³-hybridized carbons (Fsp3) is 0.286. The molecule has 2 aromatic rings. The van der Waals surface area contributed by atoms with Crippen LogP contribution < -0.4 is 5.56 Å². The number of hydrogen-bond donors (Lipinski definition) is 1. The van der Waals surface area contributed by atoms with Gasteiger partial charge in [-0.15, -0.1) is 0 Å². The number of H-pyrrole nitrogens is 1. The second kappa shape index (κ2) is 4.53. The molecule has 1 aromatic heterocycles. The molecule has 1 N–H and O–H groups in total. The number of benzene rings is 1. The van der Waals surface area contributed by atoms with Crippen molar-refractivity contribution in [3.05, 3.63) is 52.1 Å². The fourth-order valence-electron chi connectivity index (χ4n) is 1.75. The highest BCUT2D eigenvalue weighted by atomic mass is 16.1. The summed E-state index contributed by atoms with van der Waals surface area (Å²) in [5.41, 5.74) is 2.79. The summed E-state index contributed by atoms with van der Waals surface area (Å²) in [7, 11) is 0. The van der Waals surface area contributed by atoms with Crippen LogP contribution in [0.4, 0.5) is 0 Å². The van der Waals surface area contributed by atoms with Crippen molar-refractivity contribution in [2.24, 2.45) is 0 Å². The van der Waals surface area contributed by atoms with E-state index in [0.29, 0.717) is 0 Å². The Balaban J connectivity index is 2.60. The summed E-state index contributed by atoms with van der Waals surface area (Å²) in [5.74, 6) is 0.947. The Kier molecular flexibility index (Phi) is 3.09. The van der Waals surface area contributed by atoms with Gasteiger partial charge in [0.2, 0.25) is 0 Å². The average Bonchev–Trinajstić information content (AvgIpc) is 2.28. The third-order valence-corrected chi connectivity index (χ3v) is 2.73. The third-order valence-electron chi connectivity index (χ3n) is 2.73. The van der Waals surface area contributed by atoms with E-state index < -0.39 is 0 Å². The number of nitrogens with one attached hydrogen (secondary N) is 1. The van der Waals surface area contributed by atoms with Crippen molar-refractivity contribution in [2.45, 2.75) is 26.7 Å². The molecule has 2 rings (SSSR count). The van der Waals surface area contributed by atoms with Crippen molar-refractivity contribution in [3.63, 3.8) is 0 Å². The quantitative estimate of drug-likeness (QED) is 0.859. The van der Waals surface area contributed by atoms with E-state index in [1.165, 1.54) is 0 Å². The maximum absolute atomic E-state index is 11.6. The van der Waals surface area contributed by atoms with Crippen LogP contribution >= 0.6 is 0 Å². The zero-order valence-electron chi connectivity index (χ0n) is 10.3. The van der Waals surface area contributed by atoms with E-state index in [0.717, 1.165) is 22.6 Å². The van der Waals surface area contributed by atoms with Gasteiger partial charge in [0.1, 0.15) is 5.82 Å². The Morgan fingerprint density at radius 1 is 1.24 bits per heavy atom. The molecule has 0 saturated heterocycles. The fourth-order valence-corrected chi connectivity index (χ4v) is 1.75. The number of aryl methyl sites for hydroxylation is 1. The van der Waals surface area contributed by atoms with Gasteiger partial charge in [-0.25, -0.2) is 4.98 Å². The van der Waals surface area contributed by atoms with Gasteiger partial charge in [-0.2, -0.15) is 0 Å². The van der Waals surface area contributed by atoms with Crippen LogP contribution in [0.3, 0.4) is 0 Å². The third kappa shape index (κ3) is 2.44. The van der Waals surface area contributed by atoms with E-state index in [1.807, 2.05) is 45.0 Å². The Hall–Kier alpha value is -1.90. The van der Waals surface area contributed by atoms with E-state index in [2.05, 4.69) is 9.97 Å². The van der Waals surface area contributed by atoms with Crippen LogP contribution in [0.25, 0.3) is 11.3 Å². The molecule has 0 bridgehead atoms. The van der Waals surface area contributed by atoms with Crippen molar-refractivity contribution < 1.29 is 0 Å². The minimum atomic E-state index is -0.0954. The molecule has 0 atom stereocenters. The maximum atomic E-state index is 11.6. The first kappa shape index (κ1) is 11.6. The van der Waals surface area contributed by atoms with E-state index in [-0.39, 0.29) is 11.5 Å². The van der Waals surface area contributed by atoms with E-state index >= 15 is 0 Å². The molecule has 17 heavy (non-hydrogen) atoms. The number of nitrogens with zero attached hydrogens (tertiary/aromatic N) is 1. The molecule has 0 aliphatic heterocycles. The second-order valence-corrected chi connectivity index (χ2v) is 4.49. The van der Waals surface area contributed by atoms with Crippen LogP contribution in [-0.4, -0.2) is 9.97 Å². The lowest BCUT2D eigenvalue weighted by molar-refractivity contribution is 0.768. The van der Waals surface area contributed by atoms with Gasteiger partial charge in [0.15, 0.2) is 0 Å². The van der Waals surface area contributed by atoms with Gasteiger partial charge < -0.3 is 4.98 Å². The van der Waals surface area contributed by atoms with E-state index in [9.17, 15) is 4.79 Å². The van der Waals surface area contributed by atoms with Gasteiger partial charge in [-0.3, -0.25) is 4.79 Å². The molecule has 0 spiro atoms. The minimum absolute atomic E-state index is 0.0954. The first-order valence-corrected chi connectivity index (χ1v) is 5.75. The Morgan fingerprint density at radius 2 is 1.94 bits per heavy atom. The van der Waals surface area contributed by atoms with Crippen molar-refractivity contribution in [3.8, 4) is 11.3 Å². The molecule has 3 heteroatoms. The summed E-state index contributed by atoms with van der Waals surface area (Å²) in [6.45, 7) is 6.05. The van der Waals surface area contributed by atoms with Crippen LogP contribution in [0, 0.1) is 6.92 Å². The standard InChI is InChI=1S/C14H16N2O/c1-9(2)14-15-12(8-13(17)16-14)11-7-5-4-6-10(11)3/h4-9H,1-3H3,(H,15,16,17). The predicted octanol–water partition coefficient (Wildman–Crippen LogP) is 2.87. The topological polar surface area (TPSA) is 45.8 Å². The summed E-state index contributed by atoms with van der Waals surface area (Å²) in [4.78, 5) is 18.9. The number of aromatic amines is 1. The molecule has 1 aromatic carbocycles. The monoisotopic (exact) mass is 228 g/mol. The van der Waals surface area contributed by atoms with Gasteiger partial charge in [-0.05, 0) is 12.5 Å². The van der Waals surface area contributed by atoms with Crippen molar-refractivity contribution >= 4 is 0 Å². The largest absolute Gasteiger partial charge is 0.310 e. The number of rotatable bonds is 2. The van der Waals surface area contributed by atoms with Crippen LogP contribution in [-0.2, 0) is 0 Å². The van der Waals surface area contributed by atoms with Crippen LogP contribution in [0.5, 0.6) is 0 Å². The van der Waals surface area contributed by atoms with Gasteiger partial charge in [0.05, 0.1) is 5.69 Å².